The summed E-state index contributed by atoms with van der Waals surface area (Å²) in [5, 5.41) is 0.458. The zero-order valence-electron chi connectivity index (χ0n) is 16.3. The van der Waals surface area contributed by atoms with Crippen molar-refractivity contribution >= 4 is 39.0 Å². The molecule has 1 aromatic heterocycles. The van der Waals surface area contributed by atoms with Crippen LogP contribution in [0.3, 0.4) is 0 Å². The van der Waals surface area contributed by atoms with Gasteiger partial charge in [-0.3, -0.25) is 9.36 Å². The molecule has 0 radical (unpaired) electrons. The average Bonchev–Trinajstić information content (AvgIpc) is 2.74. The van der Waals surface area contributed by atoms with Crippen molar-refractivity contribution in [1.29, 1.82) is 0 Å². The molecule has 0 aliphatic heterocycles. The lowest BCUT2D eigenvalue weighted by Gasteiger charge is -2.13. The van der Waals surface area contributed by atoms with Gasteiger partial charge in [-0.15, -0.1) is 0 Å². The van der Waals surface area contributed by atoms with Crippen LogP contribution in [0.15, 0.2) is 76.0 Å². The average molecular weight is 485 g/mol. The molecule has 0 bridgehead atoms. The van der Waals surface area contributed by atoms with Gasteiger partial charge in [0, 0.05) is 4.47 Å². The lowest BCUT2D eigenvalue weighted by Crippen LogP contribution is -2.22. The maximum atomic E-state index is 13.3. The van der Waals surface area contributed by atoms with Gasteiger partial charge in [0.05, 0.1) is 22.2 Å². The van der Waals surface area contributed by atoms with E-state index in [9.17, 15) is 18.0 Å². The number of aromatic nitrogens is 2. The molecule has 0 saturated heterocycles. The molecule has 4 rings (SSSR count). The summed E-state index contributed by atoms with van der Waals surface area (Å²) in [5.41, 5.74) is 1.44. The smallest absolute Gasteiger partial charge is 0.268 e. The summed E-state index contributed by atoms with van der Waals surface area (Å²) < 4.78 is 41.5. The van der Waals surface area contributed by atoms with Crippen LogP contribution in [0.2, 0.25) is 0 Å². The quantitative estimate of drug-likeness (QED) is 0.326. The van der Waals surface area contributed by atoms with Crippen molar-refractivity contribution in [2.45, 2.75) is 13.1 Å². The minimum Gasteiger partial charge on any atom is -0.268 e. The Bertz CT molecular complexity index is 1370. The molecule has 0 spiro atoms. The van der Waals surface area contributed by atoms with Crippen molar-refractivity contribution in [2.24, 2.45) is 0 Å². The molecule has 0 fully saturated rings. The molecule has 0 unspecified atom stereocenters. The Morgan fingerprint density at radius 3 is 2.48 bits per heavy atom. The third kappa shape index (κ3) is 4.32. The fraction of sp³-hybridized carbons (Fsp3) is 0.0833. The maximum absolute atomic E-state index is 13.3. The van der Waals surface area contributed by atoms with Gasteiger partial charge >= 0.3 is 6.18 Å². The van der Waals surface area contributed by atoms with Crippen molar-refractivity contribution in [2.75, 3.05) is 0 Å². The van der Waals surface area contributed by atoms with Crippen molar-refractivity contribution in [3.8, 4) is 5.69 Å². The normalized spacial score (nSPS) is 12.0. The molecule has 0 amide bonds. The lowest BCUT2D eigenvalue weighted by atomic mass is 10.1. The fourth-order valence-electron chi connectivity index (χ4n) is 3.27. The predicted octanol–water partition coefficient (Wildman–Crippen LogP) is 6.65. The van der Waals surface area contributed by atoms with Crippen LogP contribution >= 0.6 is 15.9 Å². The number of rotatable bonds is 3. The van der Waals surface area contributed by atoms with Gasteiger partial charge in [0.2, 0.25) is 0 Å². The molecule has 3 aromatic carbocycles. The summed E-state index contributed by atoms with van der Waals surface area (Å²) in [6, 6.07) is 17.5. The topological polar surface area (TPSA) is 34.9 Å². The van der Waals surface area contributed by atoms with Gasteiger partial charge in [-0.1, -0.05) is 46.3 Å². The third-order valence-corrected chi connectivity index (χ3v) is 5.73. The van der Waals surface area contributed by atoms with Gasteiger partial charge in [-0.25, -0.2) is 4.98 Å². The maximum Gasteiger partial charge on any atom is 0.416 e. The van der Waals surface area contributed by atoms with Gasteiger partial charge in [0.25, 0.3) is 5.56 Å². The molecular formula is C24H16BrF3N2O. The number of hydrogen-bond donors (Lipinski definition) is 0. The highest BCUT2D eigenvalue weighted by Gasteiger charge is 2.30. The van der Waals surface area contributed by atoms with Crippen molar-refractivity contribution in [3.05, 3.63) is 104 Å². The molecule has 0 saturated carbocycles. The van der Waals surface area contributed by atoms with E-state index in [1.807, 2.05) is 19.1 Å². The highest BCUT2D eigenvalue weighted by atomic mass is 79.9. The number of hydrogen-bond acceptors (Lipinski definition) is 2. The minimum absolute atomic E-state index is 0.254. The molecular weight excluding hydrogens is 469 g/mol. The summed E-state index contributed by atoms with van der Waals surface area (Å²) >= 11 is 3.45. The molecule has 7 heteroatoms. The first-order valence-corrected chi connectivity index (χ1v) is 10.2. The second-order valence-electron chi connectivity index (χ2n) is 7.02. The fourth-order valence-corrected chi connectivity index (χ4v) is 3.52. The van der Waals surface area contributed by atoms with Crippen LogP contribution in [0.4, 0.5) is 13.2 Å². The molecule has 0 aliphatic rings. The van der Waals surface area contributed by atoms with Crippen molar-refractivity contribution < 1.29 is 13.2 Å². The Labute approximate surface area is 184 Å². The summed E-state index contributed by atoms with van der Waals surface area (Å²) in [7, 11) is 0. The molecule has 156 valence electrons. The SMILES string of the molecule is Cc1cc(-n2c(C=Cc3cccc(C(F)(F)F)c3)nc3ccccc3c2=O)ccc1Br. The Morgan fingerprint density at radius 2 is 1.74 bits per heavy atom. The van der Waals surface area contributed by atoms with Gasteiger partial charge < -0.3 is 0 Å². The predicted molar refractivity (Wildman–Crippen MR) is 120 cm³/mol. The van der Waals surface area contributed by atoms with E-state index in [-0.39, 0.29) is 5.56 Å². The monoisotopic (exact) mass is 484 g/mol. The van der Waals surface area contributed by atoms with Crippen LogP contribution in [-0.4, -0.2) is 9.55 Å². The van der Waals surface area contributed by atoms with E-state index in [2.05, 4.69) is 20.9 Å². The van der Waals surface area contributed by atoms with Crippen LogP contribution in [0.5, 0.6) is 0 Å². The highest BCUT2D eigenvalue weighted by Crippen LogP contribution is 2.30. The van der Waals surface area contributed by atoms with Gasteiger partial charge in [0.1, 0.15) is 5.82 Å². The number of alkyl halides is 3. The lowest BCUT2D eigenvalue weighted by molar-refractivity contribution is -0.137. The van der Waals surface area contributed by atoms with E-state index < -0.39 is 11.7 Å². The van der Waals surface area contributed by atoms with E-state index in [4.69, 9.17) is 0 Å². The van der Waals surface area contributed by atoms with E-state index in [0.717, 1.165) is 22.2 Å². The Kier molecular flexibility index (Phi) is 5.54. The number of nitrogens with zero attached hydrogens (tertiary/aromatic N) is 2. The second-order valence-corrected chi connectivity index (χ2v) is 7.87. The first-order chi connectivity index (χ1) is 14.7. The van der Waals surface area contributed by atoms with Gasteiger partial charge in [-0.05, 0) is 66.6 Å². The minimum atomic E-state index is -4.43. The number of benzene rings is 3. The highest BCUT2D eigenvalue weighted by molar-refractivity contribution is 9.10. The van der Waals surface area contributed by atoms with Crippen LogP contribution in [0.1, 0.15) is 22.5 Å². The number of para-hydroxylation sites is 1. The molecule has 3 nitrogen and oxygen atoms in total. The Hall–Kier alpha value is -3.19. The van der Waals surface area contributed by atoms with Crippen LogP contribution in [0, 0.1) is 6.92 Å². The molecule has 0 N–H and O–H groups in total. The molecule has 4 aromatic rings. The summed E-state index contributed by atoms with van der Waals surface area (Å²) in [6.45, 7) is 1.91. The molecule has 31 heavy (non-hydrogen) atoms. The van der Waals surface area contributed by atoms with E-state index >= 15 is 0 Å². The standard InChI is InChI=1S/C24H16BrF3N2O/c1-15-13-18(10-11-20(15)25)30-22(29-21-8-3-2-7-19(21)23(30)31)12-9-16-5-4-6-17(14-16)24(26,27)28/h2-14H,1H3. The summed E-state index contributed by atoms with van der Waals surface area (Å²) in [4.78, 5) is 17.9. The zero-order valence-corrected chi connectivity index (χ0v) is 17.9. The van der Waals surface area contributed by atoms with Crippen molar-refractivity contribution in [1.82, 2.24) is 9.55 Å². The van der Waals surface area contributed by atoms with Gasteiger partial charge in [-0.2, -0.15) is 13.2 Å². The molecule has 0 aliphatic carbocycles. The number of fused-ring (bicyclic) bond motifs is 1. The third-order valence-electron chi connectivity index (χ3n) is 4.84. The van der Waals surface area contributed by atoms with Crippen LogP contribution in [0.25, 0.3) is 28.7 Å². The number of aryl methyl sites for hydroxylation is 1. The van der Waals surface area contributed by atoms with Crippen LogP contribution in [-0.2, 0) is 6.18 Å². The Balaban J connectivity index is 1.90. The second kappa shape index (κ2) is 8.15. The summed E-state index contributed by atoms with van der Waals surface area (Å²) in [5.74, 6) is 0.322. The van der Waals surface area contributed by atoms with Gasteiger partial charge in [0.15, 0.2) is 0 Å². The van der Waals surface area contributed by atoms with Crippen LogP contribution < -0.4 is 5.56 Å². The molecule has 0 atom stereocenters. The number of halogens is 4. The summed E-state index contributed by atoms with van der Waals surface area (Å²) in [6.07, 6.45) is -1.35. The van der Waals surface area contributed by atoms with E-state index in [1.54, 1.807) is 42.5 Å². The molecule has 1 heterocycles. The Morgan fingerprint density at radius 1 is 0.968 bits per heavy atom. The van der Waals surface area contributed by atoms with E-state index in [1.165, 1.54) is 16.7 Å². The first-order valence-electron chi connectivity index (χ1n) is 9.38. The van der Waals surface area contributed by atoms with E-state index in [0.29, 0.717) is 28.0 Å². The first kappa shape index (κ1) is 21.1. The zero-order chi connectivity index (χ0) is 22.2. The largest absolute Gasteiger partial charge is 0.416 e. The van der Waals surface area contributed by atoms with Crippen molar-refractivity contribution in [3.63, 3.8) is 0 Å².